The standard InChI is InChI=1S/C10H13ClN2O6S/c11-8-1-2-9(13(14)15)10(7-8)19-4-3-18-5-6-20(12,16)17/h1-2,7H,3-6H2,(H2,12,16,17). The fourth-order valence-electron chi connectivity index (χ4n) is 1.24. The van der Waals surface area contributed by atoms with Crippen LogP contribution in [0, 0.1) is 10.1 Å². The van der Waals surface area contributed by atoms with Crippen molar-refractivity contribution in [2.75, 3.05) is 25.6 Å². The lowest BCUT2D eigenvalue weighted by Gasteiger charge is -2.07. The Morgan fingerprint density at radius 2 is 2.00 bits per heavy atom. The minimum Gasteiger partial charge on any atom is -0.484 e. The van der Waals surface area contributed by atoms with Crippen LogP contribution in [0.25, 0.3) is 0 Å². The number of ether oxygens (including phenoxy) is 2. The van der Waals surface area contributed by atoms with Gasteiger partial charge in [-0.05, 0) is 6.07 Å². The summed E-state index contributed by atoms with van der Waals surface area (Å²) in [5.74, 6) is -0.276. The lowest BCUT2D eigenvalue weighted by Crippen LogP contribution is -2.21. The molecule has 0 aromatic heterocycles. The molecule has 0 aliphatic carbocycles. The van der Waals surface area contributed by atoms with Gasteiger partial charge in [0.05, 0.1) is 23.9 Å². The number of hydrogen-bond donors (Lipinski definition) is 1. The molecule has 0 saturated heterocycles. The zero-order valence-electron chi connectivity index (χ0n) is 10.3. The van der Waals surface area contributed by atoms with E-state index in [1.54, 1.807) is 0 Å². The molecule has 0 bridgehead atoms. The molecule has 20 heavy (non-hydrogen) atoms. The van der Waals surface area contributed by atoms with Crippen LogP contribution in [0.2, 0.25) is 5.02 Å². The monoisotopic (exact) mass is 324 g/mol. The van der Waals surface area contributed by atoms with E-state index in [1.165, 1.54) is 18.2 Å². The third-order valence-corrected chi connectivity index (χ3v) is 3.09. The highest BCUT2D eigenvalue weighted by Gasteiger charge is 2.15. The average molecular weight is 325 g/mol. The van der Waals surface area contributed by atoms with Crippen LogP contribution >= 0.6 is 11.6 Å². The van der Waals surface area contributed by atoms with E-state index in [9.17, 15) is 18.5 Å². The number of primary sulfonamides is 1. The molecular formula is C10H13ClN2O6S. The number of nitrogens with zero attached hydrogens (tertiary/aromatic N) is 1. The van der Waals surface area contributed by atoms with Crippen molar-refractivity contribution in [2.45, 2.75) is 0 Å². The van der Waals surface area contributed by atoms with Crippen molar-refractivity contribution in [1.82, 2.24) is 0 Å². The van der Waals surface area contributed by atoms with Gasteiger partial charge in [-0.1, -0.05) is 11.6 Å². The van der Waals surface area contributed by atoms with E-state index in [1.807, 2.05) is 0 Å². The highest BCUT2D eigenvalue weighted by atomic mass is 35.5. The number of rotatable bonds is 8. The van der Waals surface area contributed by atoms with E-state index >= 15 is 0 Å². The maximum atomic E-state index is 10.7. The molecule has 1 aromatic rings. The maximum Gasteiger partial charge on any atom is 0.311 e. The van der Waals surface area contributed by atoms with Gasteiger partial charge in [-0.25, -0.2) is 13.6 Å². The van der Waals surface area contributed by atoms with Gasteiger partial charge >= 0.3 is 5.69 Å². The Labute approximate surface area is 120 Å². The second kappa shape index (κ2) is 7.39. The summed E-state index contributed by atoms with van der Waals surface area (Å²) in [6.45, 7) is 0.0187. The van der Waals surface area contributed by atoms with Crippen LogP contribution in [0.1, 0.15) is 0 Å². The lowest BCUT2D eigenvalue weighted by molar-refractivity contribution is -0.385. The van der Waals surface area contributed by atoms with Crippen LogP contribution < -0.4 is 9.88 Å². The largest absolute Gasteiger partial charge is 0.484 e. The number of sulfonamides is 1. The zero-order valence-corrected chi connectivity index (χ0v) is 11.9. The van der Waals surface area contributed by atoms with E-state index in [4.69, 9.17) is 26.2 Å². The Bertz CT molecular complexity index is 577. The van der Waals surface area contributed by atoms with Crippen LogP contribution in [0.4, 0.5) is 5.69 Å². The molecule has 0 aliphatic heterocycles. The van der Waals surface area contributed by atoms with Crippen LogP contribution in [-0.4, -0.2) is 38.9 Å². The first-order valence-corrected chi connectivity index (χ1v) is 7.54. The van der Waals surface area contributed by atoms with Crippen molar-refractivity contribution in [3.8, 4) is 5.75 Å². The van der Waals surface area contributed by atoms with Gasteiger partial charge in [0.2, 0.25) is 10.0 Å². The number of hydrogen-bond acceptors (Lipinski definition) is 6. The van der Waals surface area contributed by atoms with Crippen molar-refractivity contribution >= 4 is 27.3 Å². The van der Waals surface area contributed by atoms with Crippen LogP contribution in [-0.2, 0) is 14.8 Å². The van der Waals surface area contributed by atoms with E-state index in [2.05, 4.69) is 0 Å². The quantitative estimate of drug-likeness (QED) is 0.431. The predicted octanol–water partition coefficient (Wildman–Crippen LogP) is 0.932. The fourth-order valence-corrected chi connectivity index (χ4v) is 1.75. The molecular weight excluding hydrogens is 312 g/mol. The van der Waals surface area contributed by atoms with Gasteiger partial charge in [0, 0.05) is 17.2 Å². The average Bonchev–Trinajstić information content (AvgIpc) is 2.32. The molecule has 0 saturated carbocycles. The Kier molecular flexibility index (Phi) is 6.14. The molecule has 112 valence electrons. The molecule has 0 spiro atoms. The highest BCUT2D eigenvalue weighted by Crippen LogP contribution is 2.29. The summed E-state index contributed by atoms with van der Waals surface area (Å²) >= 11 is 5.72. The second-order valence-corrected chi connectivity index (χ2v) is 5.87. The molecule has 8 nitrogen and oxygen atoms in total. The maximum absolute atomic E-state index is 10.7. The van der Waals surface area contributed by atoms with Gasteiger partial charge in [-0.15, -0.1) is 0 Å². The topological polar surface area (TPSA) is 122 Å². The van der Waals surface area contributed by atoms with Gasteiger partial charge in [0.25, 0.3) is 0 Å². The van der Waals surface area contributed by atoms with E-state index in [0.29, 0.717) is 5.02 Å². The Balaban J connectivity index is 2.42. The summed E-state index contributed by atoms with van der Waals surface area (Å²) < 4.78 is 31.4. The van der Waals surface area contributed by atoms with Crippen LogP contribution in [0.15, 0.2) is 18.2 Å². The van der Waals surface area contributed by atoms with Gasteiger partial charge in [0.1, 0.15) is 6.61 Å². The molecule has 0 unspecified atom stereocenters. The molecule has 0 aliphatic rings. The number of nitro groups is 1. The minimum atomic E-state index is -3.56. The number of halogens is 1. The Morgan fingerprint density at radius 1 is 1.30 bits per heavy atom. The number of benzene rings is 1. The predicted molar refractivity (Wildman–Crippen MR) is 72.4 cm³/mol. The zero-order chi connectivity index (χ0) is 15.2. The summed E-state index contributed by atoms with van der Waals surface area (Å²) in [5, 5.41) is 15.8. The molecule has 0 atom stereocenters. The van der Waals surface area contributed by atoms with Gasteiger partial charge < -0.3 is 9.47 Å². The van der Waals surface area contributed by atoms with Gasteiger partial charge in [-0.2, -0.15) is 0 Å². The highest BCUT2D eigenvalue weighted by molar-refractivity contribution is 7.89. The minimum absolute atomic E-state index is 0.0196. The summed E-state index contributed by atoms with van der Waals surface area (Å²) in [6, 6.07) is 3.94. The summed E-state index contributed by atoms with van der Waals surface area (Å²) in [4.78, 5) is 10.2. The van der Waals surface area contributed by atoms with E-state index < -0.39 is 14.9 Å². The SMILES string of the molecule is NS(=O)(=O)CCOCCOc1cc(Cl)ccc1[N+](=O)[O-]. The van der Waals surface area contributed by atoms with Gasteiger partial charge in [0.15, 0.2) is 5.75 Å². The molecule has 2 N–H and O–H groups in total. The van der Waals surface area contributed by atoms with Crippen molar-refractivity contribution in [1.29, 1.82) is 0 Å². The van der Waals surface area contributed by atoms with Crippen molar-refractivity contribution in [3.63, 3.8) is 0 Å². The Morgan fingerprint density at radius 3 is 2.60 bits per heavy atom. The first-order chi connectivity index (χ1) is 9.29. The second-order valence-electron chi connectivity index (χ2n) is 3.70. The van der Waals surface area contributed by atoms with Crippen LogP contribution in [0.5, 0.6) is 5.75 Å². The van der Waals surface area contributed by atoms with Crippen molar-refractivity contribution < 1.29 is 22.8 Å². The van der Waals surface area contributed by atoms with Crippen molar-refractivity contribution in [3.05, 3.63) is 33.3 Å². The first-order valence-electron chi connectivity index (χ1n) is 5.44. The number of nitro benzene ring substituents is 1. The number of nitrogens with two attached hydrogens (primary N) is 1. The molecule has 1 aromatic carbocycles. The normalized spacial score (nSPS) is 11.3. The third-order valence-electron chi connectivity index (χ3n) is 2.12. The van der Waals surface area contributed by atoms with Crippen molar-refractivity contribution in [2.24, 2.45) is 5.14 Å². The summed E-state index contributed by atoms with van der Waals surface area (Å²) in [5.41, 5.74) is -0.209. The summed E-state index contributed by atoms with van der Waals surface area (Å²) in [7, 11) is -3.56. The molecule has 0 amide bonds. The van der Waals surface area contributed by atoms with Crippen LogP contribution in [0.3, 0.4) is 0 Å². The third kappa shape index (κ3) is 6.15. The van der Waals surface area contributed by atoms with E-state index in [-0.39, 0.29) is 37.0 Å². The fraction of sp³-hybridized carbons (Fsp3) is 0.400. The van der Waals surface area contributed by atoms with E-state index in [0.717, 1.165) is 0 Å². The first kappa shape index (κ1) is 16.6. The molecule has 0 radical (unpaired) electrons. The molecule has 10 heteroatoms. The Hall–Kier alpha value is -1.42. The smallest absolute Gasteiger partial charge is 0.311 e. The summed E-state index contributed by atoms with van der Waals surface area (Å²) in [6.07, 6.45) is 0. The van der Waals surface area contributed by atoms with Gasteiger partial charge in [-0.3, -0.25) is 10.1 Å². The molecule has 1 rings (SSSR count). The lowest BCUT2D eigenvalue weighted by atomic mass is 10.3. The molecule has 0 heterocycles. The molecule has 0 fully saturated rings.